The SMILES string of the molecule is COC(=O)c1c(Nc2ccccc2)nc(SC)nc1SCc1ccc(OC)cc1. The van der Waals surface area contributed by atoms with Crippen LogP contribution in [0.2, 0.25) is 0 Å². The minimum Gasteiger partial charge on any atom is -0.497 e. The summed E-state index contributed by atoms with van der Waals surface area (Å²) in [5, 5.41) is 4.37. The summed E-state index contributed by atoms with van der Waals surface area (Å²) >= 11 is 2.88. The molecule has 0 bridgehead atoms. The Morgan fingerprint density at radius 2 is 1.76 bits per heavy atom. The lowest BCUT2D eigenvalue weighted by atomic mass is 10.2. The third-order valence-corrected chi connectivity index (χ3v) is 5.59. The first-order chi connectivity index (χ1) is 14.1. The molecule has 0 fully saturated rings. The van der Waals surface area contributed by atoms with Gasteiger partial charge in [-0.1, -0.05) is 42.1 Å². The Hall–Kier alpha value is -2.71. The Labute approximate surface area is 178 Å². The summed E-state index contributed by atoms with van der Waals surface area (Å²) in [5.74, 6) is 1.40. The summed E-state index contributed by atoms with van der Waals surface area (Å²) in [5.41, 5.74) is 2.25. The van der Waals surface area contributed by atoms with Crippen molar-refractivity contribution in [2.45, 2.75) is 15.9 Å². The van der Waals surface area contributed by atoms with E-state index >= 15 is 0 Å². The Bertz CT molecular complexity index is 967. The first-order valence-corrected chi connectivity index (χ1v) is 11.0. The lowest BCUT2D eigenvalue weighted by molar-refractivity contribution is 0.0596. The number of anilines is 2. The van der Waals surface area contributed by atoms with E-state index in [1.54, 1.807) is 7.11 Å². The van der Waals surface area contributed by atoms with Gasteiger partial charge in [-0.25, -0.2) is 14.8 Å². The molecule has 0 unspecified atom stereocenters. The molecule has 0 spiro atoms. The van der Waals surface area contributed by atoms with E-state index in [1.807, 2.05) is 60.9 Å². The van der Waals surface area contributed by atoms with E-state index in [9.17, 15) is 4.79 Å². The van der Waals surface area contributed by atoms with Gasteiger partial charge < -0.3 is 14.8 Å². The summed E-state index contributed by atoms with van der Waals surface area (Å²) in [4.78, 5) is 21.6. The molecule has 0 radical (unpaired) electrons. The maximum Gasteiger partial charge on any atom is 0.344 e. The summed E-state index contributed by atoms with van der Waals surface area (Å²) in [6.07, 6.45) is 1.90. The Morgan fingerprint density at radius 3 is 2.38 bits per heavy atom. The quantitative estimate of drug-likeness (QED) is 0.232. The van der Waals surface area contributed by atoms with Crippen LogP contribution in [-0.4, -0.2) is 36.4 Å². The number of para-hydroxylation sites is 1. The lowest BCUT2D eigenvalue weighted by Gasteiger charge is -2.14. The molecule has 2 aromatic carbocycles. The van der Waals surface area contributed by atoms with Gasteiger partial charge in [0.2, 0.25) is 0 Å². The Morgan fingerprint density at radius 1 is 1.03 bits per heavy atom. The van der Waals surface area contributed by atoms with Crippen molar-refractivity contribution in [2.75, 3.05) is 25.8 Å². The largest absolute Gasteiger partial charge is 0.497 e. The molecule has 3 rings (SSSR count). The number of aromatic nitrogens is 2. The van der Waals surface area contributed by atoms with Crippen LogP contribution >= 0.6 is 23.5 Å². The third kappa shape index (κ3) is 5.42. The fraction of sp³-hybridized carbons (Fsp3) is 0.190. The van der Waals surface area contributed by atoms with Crippen LogP contribution in [0.3, 0.4) is 0 Å². The number of carbonyl (C=O) groups is 1. The van der Waals surface area contributed by atoms with Gasteiger partial charge in [-0.2, -0.15) is 0 Å². The van der Waals surface area contributed by atoms with Gasteiger partial charge >= 0.3 is 5.97 Å². The topological polar surface area (TPSA) is 73.3 Å². The van der Waals surface area contributed by atoms with Crippen LogP contribution in [0.4, 0.5) is 11.5 Å². The highest BCUT2D eigenvalue weighted by Gasteiger charge is 2.22. The van der Waals surface area contributed by atoms with Crippen molar-refractivity contribution in [3.63, 3.8) is 0 Å². The van der Waals surface area contributed by atoms with Crippen molar-refractivity contribution in [1.29, 1.82) is 0 Å². The molecule has 1 heterocycles. The van der Waals surface area contributed by atoms with Gasteiger partial charge in [0.1, 0.15) is 16.3 Å². The molecule has 0 saturated carbocycles. The maximum absolute atomic E-state index is 12.6. The molecule has 3 aromatic rings. The first kappa shape index (κ1) is 21.0. The second-order valence-electron chi connectivity index (χ2n) is 5.86. The molecular formula is C21H21N3O3S2. The molecule has 8 heteroatoms. The van der Waals surface area contributed by atoms with Gasteiger partial charge in [-0.05, 0) is 36.1 Å². The molecule has 0 aliphatic rings. The van der Waals surface area contributed by atoms with Crippen LogP contribution in [0.15, 0.2) is 64.8 Å². The van der Waals surface area contributed by atoms with Crippen LogP contribution in [0.5, 0.6) is 5.75 Å². The number of ether oxygens (including phenoxy) is 2. The fourth-order valence-corrected chi connectivity index (χ4v) is 3.92. The van der Waals surface area contributed by atoms with E-state index in [4.69, 9.17) is 9.47 Å². The molecule has 29 heavy (non-hydrogen) atoms. The molecular weight excluding hydrogens is 406 g/mol. The maximum atomic E-state index is 12.6. The molecule has 0 amide bonds. The van der Waals surface area contributed by atoms with Crippen LogP contribution in [-0.2, 0) is 10.5 Å². The summed E-state index contributed by atoms with van der Waals surface area (Å²) in [7, 11) is 2.99. The zero-order chi connectivity index (χ0) is 20.6. The molecule has 0 saturated heterocycles. The van der Waals surface area contributed by atoms with Crippen molar-refractivity contribution in [2.24, 2.45) is 0 Å². The molecule has 150 valence electrons. The molecule has 0 aliphatic carbocycles. The number of methoxy groups -OCH3 is 2. The lowest BCUT2D eigenvalue weighted by Crippen LogP contribution is -2.12. The van der Waals surface area contributed by atoms with Crippen molar-refractivity contribution < 1.29 is 14.3 Å². The first-order valence-electron chi connectivity index (χ1n) is 8.76. The molecule has 0 aliphatic heterocycles. The molecule has 1 aromatic heterocycles. The van der Waals surface area contributed by atoms with E-state index in [-0.39, 0.29) is 0 Å². The van der Waals surface area contributed by atoms with Crippen LogP contribution in [0, 0.1) is 0 Å². The van der Waals surface area contributed by atoms with Gasteiger partial charge in [0.25, 0.3) is 0 Å². The molecule has 6 nitrogen and oxygen atoms in total. The van der Waals surface area contributed by atoms with Crippen LogP contribution < -0.4 is 10.1 Å². The van der Waals surface area contributed by atoms with Crippen molar-refractivity contribution in [3.05, 3.63) is 65.7 Å². The van der Waals surface area contributed by atoms with Gasteiger partial charge in [0, 0.05) is 11.4 Å². The number of esters is 1. The highest BCUT2D eigenvalue weighted by Crippen LogP contribution is 2.32. The van der Waals surface area contributed by atoms with E-state index in [0.717, 1.165) is 17.0 Å². The van der Waals surface area contributed by atoms with Crippen molar-refractivity contribution in [3.8, 4) is 5.75 Å². The number of hydrogen-bond donors (Lipinski definition) is 1. The van der Waals surface area contributed by atoms with Crippen LogP contribution in [0.1, 0.15) is 15.9 Å². The number of carbonyl (C=O) groups excluding carboxylic acids is 1. The Balaban J connectivity index is 1.94. The zero-order valence-electron chi connectivity index (χ0n) is 16.3. The van der Waals surface area contributed by atoms with Crippen molar-refractivity contribution >= 4 is 41.0 Å². The van der Waals surface area contributed by atoms with E-state index in [2.05, 4.69) is 15.3 Å². The highest BCUT2D eigenvalue weighted by atomic mass is 32.2. The third-order valence-electron chi connectivity index (χ3n) is 4.00. The van der Waals surface area contributed by atoms with Gasteiger partial charge in [0.05, 0.1) is 14.2 Å². The Kier molecular flexibility index (Phi) is 7.37. The number of benzene rings is 2. The number of hydrogen-bond acceptors (Lipinski definition) is 8. The molecule has 0 atom stereocenters. The standard InChI is InChI=1S/C21H21N3O3S2/c1-26-16-11-9-14(10-12-16)13-29-19-17(20(25)27-2)18(23-21(24-19)28-3)22-15-7-5-4-6-8-15/h4-12H,13H2,1-3H3,(H,22,23,24). The van der Waals surface area contributed by atoms with Gasteiger partial charge in [0.15, 0.2) is 11.0 Å². The smallest absolute Gasteiger partial charge is 0.344 e. The average molecular weight is 428 g/mol. The van der Waals surface area contributed by atoms with Crippen LogP contribution in [0.25, 0.3) is 0 Å². The average Bonchev–Trinajstić information content (AvgIpc) is 2.77. The van der Waals surface area contributed by atoms with Gasteiger partial charge in [-0.15, -0.1) is 11.8 Å². The van der Waals surface area contributed by atoms with Gasteiger partial charge in [-0.3, -0.25) is 0 Å². The number of thioether (sulfide) groups is 2. The predicted octanol–water partition coefficient (Wildman–Crippen LogP) is 5.03. The zero-order valence-corrected chi connectivity index (χ0v) is 18.0. The minimum absolute atomic E-state index is 0.327. The minimum atomic E-state index is -0.478. The number of rotatable bonds is 8. The number of nitrogens with one attached hydrogen (secondary N) is 1. The monoisotopic (exact) mass is 427 g/mol. The van der Waals surface area contributed by atoms with E-state index in [0.29, 0.717) is 27.3 Å². The normalized spacial score (nSPS) is 10.4. The highest BCUT2D eigenvalue weighted by molar-refractivity contribution is 7.99. The molecule has 1 N–H and O–H groups in total. The summed E-state index contributed by atoms with van der Waals surface area (Å²) in [6, 6.07) is 17.4. The van der Waals surface area contributed by atoms with E-state index in [1.165, 1.54) is 30.6 Å². The second kappa shape index (κ2) is 10.2. The fourth-order valence-electron chi connectivity index (χ4n) is 2.52. The second-order valence-corrected chi connectivity index (χ2v) is 7.60. The number of nitrogens with zero attached hydrogens (tertiary/aromatic N) is 2. The van der Waals surface area contributed by atoms with E-state index < -0.39 is 5.97 Å². The predicted molar refractivity (Wildman–Crippen MR) is 117 cm³/mol. The van der Waals surface area contributed by atoms with Crippen molar-refractivity contribution in [1.82, 2.24) is 9.97 Å². The summed E-state index contributed by atoms with van der Waals surface area (Å²) in [6.45, 7) is 0. The summed E-state index contributed by atoms with van der Waals surface area (Å²) < 4.78 is 10.2.